The first-order valence-corrected chi connectivity index (χ1v) is 7.10. The molecule has 2 rings (SSSR count). The summed E-state index contributed by atoms with van der Waals surface area (Å²) in [7, 11) is 0. The quantitative estimate of drug-likeness (QED) is 0.835. The van der Waals surface area contributed by atoms with Gasteiger partial charge in [0, 0.05) is 4.47 Å². The van der Waals surface area contributed by atoms with Gasteiger partial charge in [0.1, 0.15) is 16.8 Å². The zero-order valence-electron chi connectivity index (χ0n) is 10.7. The molecule has 0 saturated carbocycles. The summed E-state index contributed by atoms with van der Waals surface area (Å²) >= 11 is 9.62. The van der Waals surface area contributed by atoms with Gasteiger partial charge in [-0.05, 0) is 23.6 Å². The maximum absolute atomic E-state index is 9.17. The van der Waals surface area contributed by atoms with Gasteiger partial charge in [0.25, 0.3) is 0 Å². The normalized spacial score (nSPS) is 10.7. The molecule has 0 spiro atoms. The molecule has 0 fully saturated rings. The summed E-state index contributed by atoms with van der Waals surface area (Å²) < 4.78 is 2.71. The van der Waals surface area contributed by atoms with Crippen molar-refractivity contribution < 1.29 is 0 Å². The van der Waals surface area contributed by atoms with E-state index in [-0.39, 0.29) is 5.92 Å². The lowest BCUT2D eigenvalue weighted by atomic mass is 10.1. The number of rotatable bonds is 3. The van der Waals surface area contributed by atoms with Crippen LogP contribution in [0, 0.1) is 11.3 Å². The van der Waals surface area contributed by atoms with E-state index in [1.807, 2.05) is 38.1 Å². The average molecular weight is 339 g/mol. The lowest BCUT2D eigenvalue weighted by Gasteiger charge is -2.04. The second-order valence-electron chi connectivity index (χ2n) is 4.60. The maximum atomic E-state index is 9.17. The summed E-state index contributed by atoms with van der Waals surface area (Å²) in [4.78, 5) is 0. The molecule has 0 saturated heterocycles. The topological polar surface area (TPSA) is 41.6 Å². The van der Waals surface area contributed by atoms with Crippen molar-refractivity contribution >= 4 is 27.5 Å². The van der Waals surface area contributed by atoms with Crippen LogP contribution in [-0.2, 0) is 6.54 Å². The molecule has 0 aliphatic heterocycles. The van der Waals surface area contributed by atoms with Gasteiger partial charge in [0.05, 0.1) is 12.2 Å². The highest BCUT2D eigenvalue weighted by Crippen LogP contribution is 2.25. The number of halogens is 2. The Morgan fingerprint density at radius 2 is 2.00 bits per heavy atom. The van der Waals surface area contributed by atoms with Crippen LogP contribution in [0.2, 0.25) is 5.15 Å². The Balaban J connectivity index is 2.36. The molecule has 19 heavy (non-hydrogen) atoms. The molecule has 0 aliphatic rings. The van der Waals surface area contributed by atoms with Gasteiger partial charge in [0.2, 0.25) is 0 Å². The maximum Gasteiger partial charge on any atom is 0.145 e. The van der Waals surface area contributed by atoms with E-state index in [1.54, 1.807) is 4.68 Å². The van der Waals surface area contributed by atoms with Crippen molar-refractivity contribution in [2.45, 2.75) is 26.3 Å². The SMILES string of the molecule is CC(C)c1nn(Cc2ccc(Br)cc2)c(Cl)c1C#N. The summed E-state index contributed by atoms with van der Waals surface area (Å²) in [5.41, 5.74) is 2.32. The van der Waals surface area contributed by atoms with Gasteiger partial charge in [-0.3, -0.25) is 0 Å². The predicted molar refractivity (Wildman–Crippen MR) is 79.3 cm³/mol. The summed E-state index contributed by atoms with van der Waals surface area (Å²) in [5, 5.41) is 14.0. The second-order valence-corrected chi connectivity index (χ2v) is 5.88. The predicted octanol–water partition coefficient (Wildman–Crippen LogP) is 4.34. The lowest BCUT2D eigenvalue weighted by molar-refractivity contribution is 0.658. The molecular formula is C14H13BrClN3. The number of nitriles is 1. The van der Waals surface area contributed by atoms with Crippen LogP contribution in [0.3, 0.4) is 0 Å². The molecule has 0 aliphatic carbocycles. The van der Waals surface area contributed by atoms with Gasteiger partial charge in [-0.25, -0.2) is 4.68 Å². The number of aromatic nitrogens is 2. The van der Waals surface area contributed by atoms with Crippen molar-refractivity contribution in [3.63, 3.8) is 0 Å². The lowest BCUT2D eigenvalue weighted by Crippen LogP contribution is -2.02. The van der Waals surface area contributed by atoms with Crippen LogP contribution >= 0.6 is 27.5 Å². The first kappa shape index (κ1) is 14.1. The van der Waals surface area contributed by atoms with Crippen LogP contribution in [0.5, 0.6) is 0 Å². The van der Waals surface area contributed by atoms with Crippen molar-refractivity contribution in [2.24, 2.45) is 0 Å². The van der Waals surface area contributed by atoms with Crippen LogP contribution < -0.4 is 0 Å². The molecule has 1 aromatic carbocycles. The number of nitrogens with zero attached hydrogens (tertiary/aromatic N) is 3. The standard InChI is InChI=1S/C14H13BrClN3/c1-9(2)13-12(7-17)14(16)19(18-13)8-10-3-5-11(15)6-4-10/h3-6,9H,8H2,1-2H3. The van der Waals surface area contributed by atoms with Crippen molar-refractivity contribution in [3.05, 3.63) is 50.7 Å². The fourth-order valence-corrected chi connectivity index (χ4v) is 2.33. The molecule has 1 aromatic heterocycles. The third-order valence-corrected chi connectivity index (χ3v) is 3.73. The van der Waals surface area contributed by atoms with Crippen LogP contribution in [0.1, 0.15) is 36.6 Å². The summed E-state index contributed by atoms with van der Waals surface area (Å²) in [5.74, 6) is 0.179. The van der Waals surface area contributed by atoms with E-state index in [0.29, 0.717) is 17.3 Å². The first-order chi connectivity index (χ1) is 9.02. The molecule has 0 bridgehead atoms. The van der Waals surface area contributed by atoms with Crippen LogP contribution in [0.15, 0.2) is 28.7 Å². The highest BCUT2D eigenvalue weighted by Gasteiger charge is 2.18. The molecule has 0 N–H and O–H groups in total. The summed E-state index contributed by atoms with van der Waals surface area (Å²) in [6.45, 7) is 4.57. The Hall–Kier alpha value is -1.31. The average Bonchev–Trinajstić information content (AvgIpc) is 2.69. The first-order valence-electron chi connectivity index (χ1n) is 5.93. The van der Waals surface area contributed by atoms with E-state index < -0.39 is 0 Å². The minimum atomic E-state index is 0.179. The Morgan fingerprint density at radius 3 is 2.47 bits per heavy atom. The summed E-state index contributed by atoms with van der Waals surface area (Å²) in [6, 6.07) is 10.1. The van der Waals surface area contributed by atoms with Gasteiger partial charge >= 0.3 is 0 Å². The highest BCUT2D eigenvalue weighted by atomic mass is 79.9. The van der Waals surface area contributed by atoms with Crippen LogP contribution in [0.25, 0.3) is 0 Å². The van der Waals surface area contributed by atoms with E-state index in [2.05, 4.69) is 27.1 Å². The minimum absolute atomic E-state index is 0.179. The Bertz CT molecular complexity index is 623. The van der Waals surface area contributed by atoms with Gasteiger partial charge in [0.15, 0.2) is 0 Å². The fourth-order valence-electron chi connectivity index (χ4n) is 1.83. The molecule has 5 heteroatoms. The zero-order valence-corrected chi connectivity index (χ0v) is 13.0. The molecule has 1 heterocycles. The third-order valence-electron chi connectivity index (χ3n) is 2.82. The Kier molecular flexibility index (Phi) is 4.28. The number of benzene rings is 1. The van der Waals surface area contributed by atoms with Crippen molar-refractivity contribution in [1.29, 1.82) is 5.26 Å². The van der Waals surface area contributed by atoms with Gasteiger partial charge < -0.3 is 0 Å². The monoisotopic (exact) mass is 337 g/mol. The number of hydrogen-bond acceptors (Lipinski definition) is 2. The van der Waals surface area contributed by atoms with Crippen molar-refractivity contribution in [2.75, 3.05) is 0 Å². The van der Waals surface area contributed by atoms with Crippen molar-refractivity contribution in [1.82, 2.24) is 9.78 Å². The van der Waals surface area contributed by atoms with Gasteiger partial charge in [-0.15, -0.1) is 0 Å². The molecule has 0 unspecified atom stereocenters. The van der Waals surface area contributed by atoms with E-state index >= 15 is 0 Å². The van der Waals surface area contributed by atoms with E-state index in [9.17, 15) is 0 Å². The third kappa shape index (κ3) is 2.99. The Labute approximate surface area is 125 Å². The van der Waals surface area contributed by atoms with Gasteiger partial charge in [-0.2, -0.15) is 10.4 Å². The summed E-state index contributed by atoms with van der Waals surface area (Å²) in [6.07, 6.45) is 0. The van der Waals surface area contributed by atoms with E-state index in [1.165, 1.54) is 0 Å². The minimum Gasteiger partial charge on any atom is -0.248 e. The smallest absolute Gasteiger partial charge is 0.145 e. The molecule has 0 radical (unpaired) electrons. The molecule has 0 amide bonds. The van der Waals surface area contributed by atoms with Crippen molar-refractivity contribution in [3.8, 4) is 6.07 Å². The fraction of sp³-hybridized carbons (Fsp3) is 0.286. The molecule has 98 valence electrons. The molecule has 2 aromatic rings. The molecule has 0 atom stereocenters. The molecule has 3 nitrogen and oxygen atoms in total. The van der Waals surface area contributed by atoms with E-state index in [4.69, 9.17) is 16.9 Å². The Morgan fingerprint density at radius 1 is 1.37 bits per heavy atom. The molecular weight excluding hydrogens is 326 g/mol. The van der Waals surface area contributed by atoms with Gasteiger partial charge in [-0.1, -0.05) is 53.5 Å². The number of hydrogen-bond donors (Lipinski definition) is 0. The van der Waals surface area contributed by atoms with E-state index in [0.717, 1.165) is 15.7 Å². The van der Waals surface area contributed by atoms with Crippen LogP contribution in [-0.4, -0.2) is 9.78 Å². The van der Waals surface area contributed by atoms with Crippen LogP contribution in [0.4, 0.5) is 0 Å². The largest absolute Gasteiger partial charge is 0.248 e. The zero-order chi connectivity index (χ0) is 14.0. The highest BCUT2D eigenvalue weighted by molar-refractivity contribution is 9.10. The second kappa shape index (κ2) is 5.77.